The molecule has 0 aliphatic carbocycles. The molecule has 2 aromatic carbocycles. The molecule has 0 spiro atoms. The van der Waals surface area contributed by atoms with E-state index in [1.165, 1.54) is 18.2 Å². The molecular formula is C22H15Cl2F3N4O. The Hall–Kier alpha value is -3.02. The third-order valence-electron chi connectivity index (χ3n) is 5.01. The molecule has 32 heavy (non-hydrogen) atoms. The van der Waals surface area contributed by atoms with Crippen molar-refractivity contribution in [1.29, 1.82) is 5.26 Å². The largest absolute Gasteiger partial charge is 0.418 e. The van der Waals surface area contributed by atoms with Gasteiger partial charge in [0, 0.05) is 21.6 Å². The van der Waals surface area contributed by atoms with E-state index in [1.807, 2.05) is 6.92 Å². The molecule has 10 heteroatoms. The summed E-state index contributed by atoms with van der Waals surface area (Å²) in [6.45, 7) is 2.02. The van der Waals surface area contributed by atoms with E-state index in [4.69, 9.17) is 27.7 Å². The van der Waals surface area contributed by atoms with Gasteiger partial charge >= 0.3 is 6.18 Å². The Bertz CT molecular complexity index is 1350. The van der Waals surface area contributed by atoms with E-state index in [2.05, 4.69) is 10.1 Å². The van der Waals surface area contributed by atoms with Crippen LogP contribution in [0.25, 0.3) is 22.4 Å². The molecule has 2 heterocycles. The lowest BCUT2D eigenvalue weighted by Crippen LogP contribution is -2.09. The number of nitriles is 1. The van der Waals surface area contributed by atoms with Gasteiger partial charge in [0.05, 0.1) is 34.3 Å². The number of alkyl halides is 3. The van der Waals surface area contributed by atoms with Gasteiger partial charge in [-0.05, 0) is 42.8 Å². The molecule has 0 amide bonds. The smallest absolute Gasteiger partial charge is 0.337 e. The van der Waals surface area contributed by atoms with Gasteiger partial charge in [-0.3, -0.25) is 0 Å². The van der Waals surface area contributed by atoms with Gasteiger partial charge in [-0.1, -0.05) is 41.7 Å². The predicted molar refractivity (Wildman–Crippen MR) is 115 cm³/mol. The van der Waals surface area contributed by atoms with E-state index in [0.29, 0.717) is 33.2 Å². The SMILES string of the molecule is CCCc1cc2c(C(F)(F)F)c(C#N)ccc2n1Cc1noc(-c2cc(Cl)ccc2Cl)n1. The first kappa shape index (κ1) is 22.2. The Labute approximate surface area is 191 Å². The molecule has 0 saturated carbocycles. The summed E-state index contributed by atoms with van der Waals surface area (Å²) in [6.07, 6.45) is -3.40. The summed E-state index contributed by atoms with van der Waals surface area (Å²) in [7, 11) is 0. The molecule has 5 nitrogen and oxygen atoms in total. The average Bonchev–Trinajstić information content (AvgIpc) is 3.34. The molecule has 2 aromatic heterocycles. The normalized spacial score (nSPS) is 11.8. The molecule has 0 radical (unpaired) electrons. The van der Waals surface area contributed by atoms with Gasteiger partial charge in [-0.2, -0.15) is 23.4 Å². The second-order valence-electron chi connectivity index (χ2n) is 7.14. The van der Waals surface area contributed by atoms with Crippen LogP contribution >= 0.6 is 23.2 Å². The number of nitrogens with zero attached hydrogens (tertiary/aromatic N) is 4. The molecule has 0 aliphatic heterocycles. The number of benzene rings is 2. The average molecular weight is 479 g/mol. The monoisotopic (exact) mass is 478 g/mol. The quantitative estimate of drug-likeness (QED) is 0.313. The van der Waals surface area contributed by atoms with Crippen LogP contribution in [0, 0.1) is 11.3 Å². The summed E-state index contributed by atoms with van der Waals surface area (Å²) in [5, 5.41) is 14.0. The highest BCUT2D eigenvalue weighted by Gasteiger charge is 2.36. The van der Waals surface area contributed by atoms with Crippen LogP contribution in [0.1, 0.15) is 36.0 Å². The lowest BCUT2D eigenvalue weighted by atomic mass is 10.0. The van der Waals surface area contributed by atoms with Crippen LogP contribution in [0.4, 0.5) is 13.2 Å². The van der Waals surface area contributed by atoms with Crippen LogP contribution in [0.2, 0.25) is 10.0 Å². The highest BCUT2D eigenvalue weighted by Crippen LogP contribution is 2.39. The maximum absolute atomic E-state index is 13.8. The minimum absolute atomic E-state index is 0.0263. The van der Waals surface area contributed by atoms with Crippen molar-refractivity contribution in [2.24, 2.45) is 0 Å². The van der Waals surface area contributed by atoms with Crippen molar-refractivity contribution in [2.75, 3.05) is 0 Å². The highest BCUT2D eigenvalue weighted by atomic mass is 35.5. The molecule has 164 valence electrons. The fourth-order valence-electron chi connectivity index (χ4n) is 3.67. The Morgan fingerprint density at radius 1 is 1.16 bits per heavy atom. The number of hydrogen-bond acceptors (Lipinski definition) is 4. The van der Waals surface area contributed by atoms with Crippen molar-refractivity contribution < 1.29 is 17.7 Å². The number of hydrogen-bond donors (Lipinski definition) is 0. The van der Waals surface area contributed by atoms with E-state index in [0.717, 1.165) is 6.42 Å². The van der Waals surface area contributed by atoms with Gasteiger partial charge in [-0.15, -0.1) is 0 Å². The predicted octanol–water partition coefficient (Wildman–Crippen LogP) is 6.89. The van der Waals surface area contributed by atoms with Crippen LogP contribution in [-0.4, -0.2) is 14.7 Å². The summed E-state index contributed by atoms with van der Waals surface area (Å²) in [4.78, 5) is 4.35. The number of aryl methyl sites for hydroxylation is 1. The Kier molecular flexibility index (Phi) is 5.89. The first-order valence-electron chi connectivity index (χ1n) is 9.63. The third kappa shape index (κ3) is 4.06. The van der Waals surface area contributed by atoms with E-state index in [1.54, 1.807) is 28.8 Å². The molecule has 0 aliphatic rings. The number of halogens is 5. The second kappa shape index (κ2) is 8.49. The molecule has 0 unspecified atom stereocenters. The maximum Gasteiger partial charge on any atom is 0.418 e. The Balaban J connectivity index is 1.82. The number of aromatic nitrogens is 3. The minimum Gasteiger partial charge on any atom is -0.337 e. The summed E-state index contributed by atoms with van der Waals surface area (Å²) >= 11 is 12.2. The van der Waals surface area contributed by atoms with Crippen LogP contribution in [-0.2, 0) is 19.1 Å². The summed E-state index contributed by atoms with van der Waals surface area (Å²) < 4.78 is 48.3. The molecular weight excluding hydrogens is 464 g/mol. The fourth-order valence-corrected chi connectivity index (χ4v) is 4.04. The van der Waals surface area contributed by atoms with Crippen molar-refractivity contribution in [3.63, 3.8) is 0 Å². The van der Waals surface area contributed by atoms with Crippen LogP contribution < -0.4 is 0 Å². The van der Waals surface area contributed by atoms with Gasteiger partial charge in [0.2, 0.25) is 0 Å². The standard InChI is InChI=1S/C22H15Cl2F3N4O/c1-2-3-14-9-16-18(7-4-12(10-28)20(16)22(25,26)27)31(14)11-19-29-21(32-30-19)15-8-13(23)5-6-17(15)24/h4-9H,2-3,11H2,1H3. The van der Waals surface area contributed by atoms with Crippen molar-refractivity contribution in [3.05, 3.63) is 69.1 Å². The van der Waals surface area contributed by atoms with Crippen molar-refractivity contribution in [1.82, 2.24) is 14.7 Å². The van der Waals surface area contributed by atoms with E-state index in [-0.39, 0.29) is 23.6 Å². The van der Waals surface area contributed by atoms with Gasteiger partial charge in [0.15, 0.2) is 5.82 Å². The highest BCUT2D eigenvalue weighted by molar-refractivity contribution is 6.35. The first-order valence-corrected chi connectivity index (χ1v) is 10.4. The van der Waals surface area contributed by atoms with Gasteiger partial charge < -0.3 is 9.09 Å². The topological polar surface area (TPSA) is 67.6 Å². The Morgan fingerprint density at radius 3 is 2.62 bits per heavy atom. The zero-order valence-corrected chi connectivity index (χ0v) is 18.2. The van der Waals surface area contributed by atoms with Crippen molar-refractivity contribution in [3.8, 4) is 17.5 Å². The van der Waals surface area contributed by atoms with E-state index < -0.39 is 17.3 Å². The van der Waals surface area contributed by atoms with Crippen LogP contribution in [0.3, 0.4) is 0 Å². The van der Waals surface area contributed by atoms with Gasteiger partial charge in [0.25, 0.3) is 5.89 Å². The number of rotatable bonds is 5. The second-order valence-corrected chi connectivity index (χ2v) is 7.99. The minimum atomic E-state index is -4.66. The molecule has 0 saturated heterocycles. The zero-order valence-electron chi connectivity index (χ0n) is 16.7. The first-order chi connectivity index (χ1) is 15.2. The lowest BCUT2D eigenvalue weighted by Gasteiger charge is -2.11. The summed E-state index contributed by atoms with van der Waals surface area (Å²) in [6, 6.07) is 10.6. The zero-order chi connectivity index (χ0) is 23.0. The molecule has 4 rings (SSSR count). The molecule has 0 fully saturated rings. The van der Waals surface area contributed by atoms with Crippen LogP contribution in [0.15, 0.2) is 40.9 Å². The van der Waals surface area contributed by atoms with Gasteiger partial charge in [-0.25, -0.2) is 0 Å². The summed E-state index contributed by atoms with van der Waals surface area (Å²) in [5.41, 5.74) is 0.125. The lowest BCUT2D eigenvalue weighted by molar-refractivity contribution is -0.136. The molecule has 4 aromatic rings. The van der Waals surface area contributed by atoms with Crippen molar-refractivity contribution in [2.45, 2.75) is 32.5 Å². The summed E-state index contributed by atoms with van der Waals surface area (Å²) in [5.74, 6) is 0.424. The molecule has 0 N–H and O–H groups in total. The van der Waals surface area contributed by atoms with E-state index in [9.17, 15) is 18.4 Å². The fraction of sp³-hybridized carbons (Fsp3) is 0.227. The Morgan fingerprint density at radius 2 is 1.94 bits per heavy atom. The molecule has 0 atom stereocenters. The van der Waals surface area contributed by atoms with Crippen molar-refractivity contribution >= 4 is 34.1 Å². The maximum atomic E-state index is 13.8. The van der Waals surface area contributed by atoms with Gasteiger partial charge in [0.1, 0.15) is 0 Å². The van der Waals surface area contributed by atoms with E-state index >= 15 is 0 Å². The number of fused-ring (bicyclic) bond motifs is 1. The third-order valence-corrected chi connectivity index (χ3v) is 5.57. The molecule has 0 bridgehead atoms. The van der Waals surface area contributed by atoms with Crippen LogP contribution in [0.5, 0.6) is 0 Å².